The number of carbonyl (C=O) groups excluding carboxylic acids is 1. The lowest BCUT2D eigenvalue weighted by Crippen LogP contribution is -2.32. The maximum absolute atomic E-state index is 14.1. The Morgan fingerprint density at radius 3 is 2.40 bits per heavy atom. The fourth-order valence-corrected chi connectivity index (χ4v) is 3.21. The summed E-state index contributed by atoms with van der Waals surface area (Å²) in [4.78, 5) is 12.1. The first-order chi connectivity index (χ1) is 11.8. The summed E-state index contributed by atoms with van der Waals surface area (Å²) in [6.07, 6.45) is -0.246. The Morgan fingerprint density at radius 2 is 1.84 bits per heavy atom. The number of esters is 1. The number of halogens is 4. The Labute approximate surface area is 145 Å². The normalized spacial score (nSPS) is 21.2. The van der Waals surface area contributed by atoms with Crippen LogP contribution in [0.1, 0.15) is 57.4 Å². The van der Waals surface area contributed by atoms with Crippen LogP contribution in [0.3, 0.4) is 0 Å². The van der Waals surface area contributed by atoms with Crippen molar-refractivity contribution < 1.29 is 27.1 Å². The van der Waals surface area contributed by atoms with Gasteiger partial charge in [0.25, 0.3) is 0 Å². The first-order valence-electron chi connectivity index (χ1n) is 8.88. The van der Waals surface area contributed by atoms with Crippen molar-refractivity contribution in [1.29, 1.82) is 0 Å². The second-order valence-corrected chi connectivity index (χ2v) is 6.73. The molecule has 140 valence electrons. The molecule has 6 heteroatoms. The minimum absolute atomic E-state index is 0.0812. The molecule has 0 bridgehead atoms. The maximum Gasteiger partial charge on any atom is 0.391 e. The van der Waals surface area contributed by atoms with Gasteiger partial charge in [-0.3, -0.25) is 4.79 Å². The summed E-state index contributed by atoms with van der Waals surface area (Å²) in [5.41, 5.74) is 0.844. The molecular weight excluding hydrogens is 336 g/mol. The Morgan fingerprint density at radius 1 is 1.16 bits per heavy atom. The smallest absolute Gasteiger partial charge is 0.391 e. The Balaban J connectivity index is 1.88. The van der Waals surface area contributed by atoms with Crippen LogP contribution < -0.4 is 4.74 Å². The highest BCUT2D eigenvalue weighted by Gasteiger charge is 2.42. The van der Waals surface area contributed by atoms with Gasteiger partial charge in [0.1, 0.15) is 0 Å². The highest BCUT2D eigenvalue weighted by molar-refractivity contribution is 5.75. The quantitative estimate of drug-likeness (QED) is 0.276. The number of ether oxygens (including phenoxy) is 1. The van der Waals surface area contributed by atoms with E-state index in [0.29, 0.717) is 0 Å². The minimum Gasteiger partial charge on any atom is -0.423 e. The van der Waals surface area contributed by atoms with Crippen LogP contribution in [-0.2, 0) is 11.2 Å². The van der Waals surface area contributed by atoms with E-state index in [1.54, 1.807) is 6.07 Å². The molecule has 1 aromatic rings. The molecular formula is C19H24F4O2. The summed E-state index contributed by atoms with van der Waals surface area (Å²) in [7, 11) is 0. The van der Waals surface area contributed by atoms with E-state index in [2.05, 4.69) is 6.92 Å². The number of unbranched alkanes of at least 4 members (excludes halogenated alkanes) is 2. The Bertz CT molecular complexity index is 575. The summed E-state index contributed by atoms with van der Waals surface area (Å²) in [6, 6.07) is 4.51. The van der Waals surface area contributed by atoms with Crippen LogP contribution in [0.2, 0.25) is 0 Å². The van der Waals surface area contributed by atoms with Gasteiger partial charge in [-0.1, -0.05) is 25.8 Å². The average Bonchev–Trinajstić information content (AvgIpc) is 2.57. The second-order valence-electron chi connectivity index (χ2n) is 6.73. The number of carbonyl (C=O) groups is 1. The largest absolute Gasteiger partial charge is 0.423 e. The maximum atomic E-state index is 14.1. The minimum atomic E-state index is -4.21. The number of alkyl halides is 3. The number of hydrogen-bond donors (Lipinski definition) is 0. The fourth-order valence-electron chi connectivity index (χ4n) is 3.21. The van der Waals surface area contributed by atoms with E-state index in [1.165, 1.54) is 12.1 Å². The van der Waals surface area contributed by atoms with Gasteiger partial charge in [-0.15, -0.1) is 0 Å². The van der Waals surface area contributed by atoms with Crippen molar-refractivity contribution >= 4 is 5.97 Å². The van der Waals surface area contributed by atoms with E-state index in [0.717, 1.165) is 31.2 Å². The van der Waals surface area contributed by atoms with Gasteiger partial charge in [0.15, 0.2) is 11.6 Å². The standard InChI is InChI=1S/C19H24F4O2/c1-2-3-4-5-13-6-11-17(16(20)12-13)25-18(24)14-7-9-15(10-8-14)19(21,22)23/h6,11-12,14-15H,2-5,7-10H2,1H3/t14-,15-. The van der Waals surface area contributed by atoms with Crippen molar-refractivity contribution in [3.63, 3.8) is 0 Å². The van der Waals surface area contributed by atoms with Crippen molar-refractivity contribution in [3.8, 4) is 5.75 Å². The van der Waals surface area contributed by atoms with E-state index in [-0.39, 0.29) is 31.4 Å². The van der Waals surface area contributed by atoms with Crippen molar-refractivity contribution in [1.82, 2.24) is 0 Å². The predicted molar refractivity (Wildman–Crippen MR) is 86.8 cm³/mol. The number of rotatable bonds is 6. The molecule has 0 unspecified atom stereocenters. The molecule has 1 fully saturated rings. The van der Waals surface area contributed by atoms with Gasteiger partial charge in [0, 0.05) is 0 Å². The van der Waals surface area contributed by atoms with Crippen molar-refractivity contribution in [2.75, 3.05) is 0 Å². The van der Waals surface area contributed by atoms with Gasteiger partial charge in [0.2, 0.25) is 0 Å². The van der Waals surface area contributed by atoms with E-state index in [4.69, 9.17) is 4.74 Å². The molecule has 0 radical (unpaired) electrons. The van der Waals surface area contributed by atoms with E-state index in [9.17, 15) is 22.4 Å². The van der Waals surface area contributed by atoms with E-state index < -0.39 is 29.8 Å². The molecule has 1 aliphatic rings. The topological polar surface area (TPSA) is 26.3 Å². The Kier molecular flexibility index (Phi) is 6.85. The molecule has 0 spiro atoms. The first kappa shape index (κ1) is 19.7. The van der Waals surface area contributed by atoms with Gasteiger partial charge in [-0.05, 0) is 56.2 Å². The van der Waals surface area contributed by atoms with Crippen LogP contribution >= 0.6 is 0 Å². The molecule has 0 N–H and O–H groups in total. The highest BCUT2D eigenvalue weighted by atomic mass is 19.4. The monoisotopic (exact) mass is 360 g/mol. The van der Waals surface area contributed by atoms with Gasteiger partial charge in [-0.2, -0.15) is 13.2 Å². The third-order valence-corrected chi connectivity index (χ3v) is 4.80. The summed E-state index contributed by atoms with van der Waals surface area (Å²) >= 11 is 0. The zero-order valence-corrected chi connectivity index (χ0v) is 14.4. The zero-order valence-electron chi connectivity index (χ0n) is 14.4. The highest BCUT2D eigenvalue weighted by Crippen LogP contribution is 2.40. The van der Waals surface area contributed by atoms with Crippen LogP contribution in [0, 0.1) is 17.7 Å². The van der Waals surface area contributed by atoms with Gasteiger partial charge >= 0.3 is 12.1 Å². The summed E-state index contributed by atoms with van der Waals surface area (Å²) < 4.78 is 57.1. The SMILES string of the molecule is CCCCCc1ccc(OC(=O)[C@H]2CC[C@H](C(F)(F)F)CC2)c(F)c1. The van der Waals surface area contributed by atoms with Crippen LogP contribution in [0.5, 0.6) is 5.75 Å². The van der Waals surface area contributed by atoms with Crippen molar-refractivity contribution in [2.24, 2.45) is 11.8 Å². The molecule has 25 heavy (non-hydrogen) atoms. The third-order valence-electron chi connectivity index (χ3n) is 4.80. The van der Waals surface area contributed by atoms with Crippen LogP contribution in [0.25, 0.3) is 0 Å². The molecule has 1 saturated carbocycles. The van der Waals surface area contributed by atoms with Gasteiger partial charge < -0.3 is 4.74 Å². The summed E-state index contributed by atoms with van der Waals surface area (Å²) in [6.45, 7) is 2.09. The number of aryl methyl sites for hydroxylation is 1. The Hall–Kier alpha value is -1.59. The molecule has 2 nitrogen and oxygen atoms in total. The second kappa shape index (κ2) is 8.68. The van der Waals surface area contributed by atoms with Crippen LogP contribution in [-0.4, -0.2) is 12.1 Å². The van der Waals surface area contributed by atoms with Crippen molar-refractivity contribution in [3.05, 3.63) is 29.6 Å². The summed E-state index contributed by atoms with van der Waals surface area (Å²) in [5, 5.41) is 0. The molecule has 0 atom stereocenters. The fraction of sp³-hybridized carbons (Fsp3) is 0.632. The van der Waals surface area contributed by atoms with Crippen LogP contribution in [0.15, 0.2) is 18.2 Å². The predicted octanol–water partition coefficient (Wildman–Crippen LogP) is 5.83. The van der Waals surface area contributed by atoms with E-state index >= 15 is 0 Å². The average molecular weight is 360 g/mol. The molecule has 1 aliphatic carbocycles. The van der Waals surface area contributed by atoms with Gasteiger partial charge in [-0.25, -0.2) is 4.39 Å². The number of benzene rings is 1. The molecule has 0 aromatic heterocycles. The number of hydrogen-bond acceptors (Lipinski definition) is 2. The summed E-state index contributed by atoms with van der Waals surface area (Å²) in [5.74, 6) is -3.34. The lowest BCUT2D eigenvalue weighted by Gasteiger charge is -2.28. The third kappa shape index (κ3) is 5.72. The van der Waals surface area contributed by atoms with Gasteiger partial charge in [0.05, 0.1) is 11.8 Å². The molecule has 0 amide bonds. The molecule has 1 aromatic carbocycles. The zero-order chi connectivity index (χ0) is 18.4. The first-order valence-corrected chi connectivity index (χ1v) is 8.88. The molecule has 0 heterocycles. The lowest BCUT2D eigenvalue weighted by atomic mass is 9.82. The van der Waals surface area contributed by atoms with Crippen molar-refractivity contribution in [2.45, 2.75) is 64.5 Å². The molecule has 2 rings (SSSR count). The molecule has 0 saturated heterocycles. The lowest BCUT2D eigenvalue weighted by molar-refractivity contribution is -0.185. The van der Waals surface area contributed by atoms with Crippen LogP contribution in [0.4, 0.5) is 17.6 Å². The molecule has 0 aliphatic heterocycles. The van der Waals surface area contributed by atoms with E-state index in [1.807, 2.05) is 0 Å².